The van der Waals surface area contributed by atoms with Crippen molar-refractivity contribution in [1.29, 1.82) is 0 Å². The second-order valence-corrected chi connectivity index (χ2v) is 8.95. The van der Waals surface area contributed by atoms with Gasteiger partial charge in [-0.1, -0.05) is 41.9 Å². The Hall–Kier alpha value is -2.94. The van der Waals surface area contributed by atoms with E-state index in [0.717, 1.165) is 4.31 Å². The molecule has 1 N–H and O–H groups in total. The first-order valence-electron chi connectivity index (χ1n) is 9.22. The molecule has 0 unspecified atom stereocenters. The predicted octanol–water partition coefficient (Wildman–Crippen LogP) is 4.32. The number of nitrogens with zero attached hydrogens (tertiary/aromatic N) is 1. The Morgan fingerprint density at radius 1 is 1.06 bits per heavy atom. The highest BCUT2D eigenvalue weighted by atomic mass is 35.5. The van der Waals surface area contributed by atoms with Gasteiger partial charge in [0.05, 0.1) is 13.7 Å². The summed E-state index contributed by atoms with van der Waals surface area (Å²) in [5.74, 6) is -0.909. The van der Waals surface area contributed by atoms with Crippen LogP contribution in [-0.4, -0.2) is 32.3 Å². The van der Waals surface area contributed by atoms with Crippen molar-refractivity contribution in [2.75, 3.05) is 19.0 Å². The van der Waals surface area contributed by atoms with Gasteiger partial charge in [-0.2, -0.15) is 4.31 Å². The Bertz CT molecular complexity index is 1160. The average Bonchev–Trinajstić information content (AvgIpc) is 2.75. The monoisotopic (exact) mass is 462 g/mol. The fourth-order valence-corrected chi connectivity index (χ4v) is 4.70. The zero-order chi connectivity index (χ0) is 22.4. The normalized spacial score (nSPS) is 11.4. The number of anilines is 1. The Kier molecular flexibility index (Phi) is 7.27. The minimum Gasteiger partial charge on any atom is -0.495 e. The smallest absolute Gasteiger partial charge is 0.247 e. The zero-order valence-corrected chi connectivity index (χ0v) is 18.2. The van der Waals surface area contributed by atoms with E-state index in [9.17, 15) is 17.6 Å². The third-order valence-corrected chi connectivity index (χ3v) is 6.44. The van der Waals surface area contributed by atoms with Crippen LogP contribution < -0.4 is 10.1 Å². The summed E-state index contributed by atoms with van der Waals surface area (Å²) in [5.41, 5.74) is 1.05. The van der Waals surface area contributed by atoms with Crippen molar-refractivity contribution in [2.45, 2.75) is 11.4 Å². The Morgan fingerprint density at radius 2 is 1.74 bits per heavy atom. The number of carbonyl (C=O) groups is 1. The summed E-state index contributed by atoms with van der Waals surface area (Å²) < 4.78 is 46.3. The van der Waals surface area contributed by atoms with E-state index in [1.54, 1.807) is 24.3 Å². The summed E-state index contributed by atoms with van der Waals surface area (Å²) >= 11 is 6.02. The maximum atomic E-state index is 13.5. The molecule has 0 aliphatic rings. The largest absolute Gasteiger partial charge is 0.495 e. The van der Waals surface area contributed by atoms with Crippen LogP contribution in [0.1, 0.15) is 5.56 Å². The fraction of sp³-hybridized carbons (Fsp3) is 0.136. The molecule has 9 heteroatoms. The first kappa shape index (κ1) is 22.7. The summed E-state index contributed by atoms with van der Waals surface area (Å²) in [6.45, 7) is -0.514. The third-order valence-electron chi connectivity index (χ3n) is 4.39. The topological polar surface area (TPSA) is 75.7 Å². The SMILES string of the molecule is COc1ccc(Cl)cc1S(=O)(=O)N(CC(=O)Nc1ccc(F)cc1)Cc1ccccc1. The zero-order valence-electron chi connectivity index (χ0n) is 16.6. The Balaban J connectivity index is 1.93. The molecule has 1 amide bonds. The minimum atomic E-state index is -4.16. The van der Waals surface area contributed by atoms with Crippen molar-refractivity contribution < 1.29 is 22.3 Å². The van der Waals surface area contributed by atoms with E-state index in [2.05, 4.69) is 5.32 Å². The molecular formula is C22H20ClFN2O4S. The molecule has 0 fully saturated rings. The molecule has 3 aromatic carbocycles. The van der Waals surface area contributed by atoms with Gasteiger partial charge in [0, 0.05) is 17.3 Å². The number of benzene rings is 3. The molecule has 162 valence electrons. The molecule has 6 nitrogen and oxygen atoms in total. The van der Waals surface area contributed by atoms with Crippen LogP contribution in [0.2, 0.25) is 5.02 Å². The van der Waals surface area contributed by atoms with E-state index in [0.29, 0.717) is 11.3 Å². The van der Waals surface area contributed by atoms with Crippen LogP contribution in [-0.2, 0) is 21.4 Å². The van der Waals surface area contributed by atoms with Gasteiger partial charge < -0.3 is 10.1 Å². The third kappa shape index (κ3) is 5.81. The van der Waals surface area contributed by atoms with Crippen LogP contribution in [0.3, 0.4) is 0 Å². The minimum absolute atomic E-state index is 0.0460. The van der Waals surface area contributed by atoms with Gasteiger partial charge in [-0.05, 0) is 48.0 Å². The molecule has 0 saturated heterocycles. The van der Waals surface area contributed by atoms with Gasteiger partial charge >= 0.3 is 0 Å². The van der Waals surface area contributed by atoms with E-state index in [1.807, 2.05) is 6.07 Å². The first-order valence-corrected chi connectivity index (χ1v) is 11.0. The molecule has 3 rings (SSSR count). The van der Waals surface area contributed by atoms with E-state index >= 15 is 0 Å². The van der Waals surface area contributed by atoms with Crippen LogP contribution in [0.5, 0.6) is 5.75 Å². The quantitative estimate of drug-likeness (QED) is 0.541. The lowest BCUT2D eigenvalue weighted by Gasteiger charge is -2.23. The van der Waals surface area contributed by atoms with E-state index < -0.39 is 28.3 Å². The highest BCUT2D eigenvalue weighted by Crippen LogP contribution is 2.30. The predicted molar refractivity (Wildman–Crippen MR) is 117 cm³/mol. The number of nitrogens with one attached hydrogen (secondary N) is 1. The molecule has 31 heavy (non-hydrogen) atoms. The molecule has 3 aromatic rings. The number of rotatable bonds is 8. The maximum Gasteiger partial charge on any atom is 0.247 e. The van der Waals surface area contributed by atoms with Gasteiger partial charge in [0.1, 0.15) is 16.5 Å². The maximum absolute atomic E-state index is 13.5. The number of hydrogen-bond acceptors (Lipinski definition) is 4. The molecule has 0 heterocycles. The number of amides is 1. The molecule has 0 aromatic heterocycles. The molecule has 0 spiro atoms. The highest BCUT2D eigenvalue weighted by Gasteiger charge is 2.30. The molecule has 0 saturated carbocycles. The van der Waals surface area contributed by atoms with Gasteiger partial charge in [0.25, 0.3) is 0 Å². The molecule has 0 aliphatic heterocycles. The summed E-state index contributed by atoms with van der Waals surface area (Å²) in [6.07, 6.45) is 0. The average molecular weight is 463 g/mol. The second-order valence-electron chi connectivity index (χ2n) is 6.61. The number of sulfonamides is 1. The van der Waals surface area contributed by atoms with Gasteiger partial charge in [-0.15, -0.1) is 0 Å². The fourth-order valence-electron chi connectivity index (χ4n) is 2.90. The van der Waals surface area contributed by atoms with E-state index in [-0.39, 0.29) is 22.2 Å². The first-order chi connectivity index (χ1) is 14.8. The number of ether oxygens (including phenoxy) is 1. The van der Waals surface area contributed by atoms with Crippen molar-refractivity contribution in [2.24, 2.45) is 0 Å². The van der Waals surface area contributed by atoms with Crippen molar-refractivity contribution in [1.82, 2.24) is 4.31 Å². The van der Waals surface area contributed by atoms with Gasteiger partial charge in [0.15, 0.2) is 0 Å². The van der Waals surface area contributed by atoms with Crippen LogP contribution in [0.15, 0.2) is 77.7 Å². The van der Waals surface area contributed by atoms with Crippen molar-refractivity contribution in [3.63, 3.8) is 0 Å². The van der Waals surface area contributed by atoms with Crippen LogP contribution in [0, 0.1) is 5.82 Å². The summed E-state index contributed by atoms with van der Waals surface area (Å²) in [4.78, 5) is 12.5. The van der Waals surface area contributed by atoms with E-state index in [1.165, 1.54) is 49.6 Å². The standard InChI is InChI=1S/C22H20ClFN2O4S/c1-30-20-12-7-17(23)13-21(20)31(28,29)26(14-16-5-3-2-4-6-16)15-22(27)25-19-10-8-18(24)9-11-19/h2-13H,14-15H2,1H3,(H,25,27). The Labute approximate surface area is 185 Å². The van der Waals surface area contributed by atoms with Crippen molar-refractivity contribution in [3.05, 3.63) is 89.2 Å². The highest BCUT2D eigenvalue weighted by molar-refractivity contribution is 7.89. The lowest BCUT2D eigenvalue weighted by atomic mass is 10.2. The molecule has 0 atom stereocenters. The number of methoxy groups -OCH3 is 1. The number of halogens is 2. The van der Waals surface area contributed by atoms with Crippen molar-refractivity contribution >= 4 is 33.2 Å². The molecule has 0 radical (unpaired) electrons. The lowest BCUT2D eigenvalue weighted by molar-refractivity contribution is -0.116. The van der Waals surface area contributed by atoms with Crippen LogP contribution >= 0.6 is 11.6 Å². The summed E-state index contributed by atoms with van der Waals surface area (Å²) in [7, 11) is -2.80. The van der Waals surface area contributed by atoms with Crippen LogP contribution in [0.25, 0.3) is 0 Å². The Morgan fingerprint density at radius 3 is 2.39 bits per heavy atom. The van der Waals surface area contributed by atoms with Gasteiger partial charge in [-0.3, -0.25) is 4.79 Å². The summed E-state index contributed by atoms with van der Waals surface area (Å²) in [5, 5.41) is 2.80. The lowest BCUT2D eigenvalue weighted by Crippen LogP contribution is -2.37. The van der Waals surface area contributed by atoms with Crippen molar-refractivity contribution in [3.8, 4) is 5.75 Å². The molecule has 0 bridgehead atoms. The van der Waals surface area contributed by atoms with Gasteiger partial charge in [0.2, 0.25) is 15.9 Å². The second kappa shape index (κ2) is 9.91. The molecular weight excluding hydrogens is 443 g/mol. The summed E-state index contributed by atoms with van der Waals surface area (Å²) in [6, 6.07) is 18.3. The van der Waals surface area contributed by atoms with E-state index in [4.69, 9.17) is 16.3 Å². The number of carbonyl (C=O) groups excluding carboxylic acids is 1. The number of hydrogen-bond donors (Lipinski definition) is 1. The van der Waals surface area contributed by atoms with Gasteiger partial charge in [-0.25, -0.2) is 12.8 Å². The van der Waals surface area contributed by atoms with Crippen LogP contribution in [0.4, 0.5) is 10.1 Å². The molecule has 0 aliphatic carbocycles.